The van der Waals surface area contributed by atoms with Crippen LogP contribution >= 0.6 is 0 Å². The molecule has 0 spiro atoms. The van der Waals surface area contributed by atoms with Gasteiger partial charge in [-0.15, -0.1) is 0 Å². The average Bonchev–Trinajstić information content (AvgIpc) is 3.50. The Morgan fingerprint density at radius 2 is 1.31 bits per heavy atom. The maximum Gasteiger partial charge on any atom is 0.261 e. The highest BCUT2D eigenvalue weighted by Gasteiger charge is 2.36. The molecule has 8 rings (SSSR count). The lowest BCUT2D eigenvalue weighted by atomic mass is 9.86. The van der Waals surface area contributed by atoms with Crippen molar-refractivity contribution < 1.29 is 37.1 Å². The first-order chi connectivity index (χ1) is 30.7. The molecule has 0 saturated carbocycles. The van der Waals surface area contributed by atoms with E-state index in [2.05, 4.69) is 49.6 Å². The van der Waals surface area contributed by atoms with E-state index >= 15 is 0 Å². The molecule has 3 aromatic rings. The summed E-state index contributed by atoms with van der Waals surface area (Å²) in [6, 6.07) is 20.0. The number of nitrogens with one attached hydrogen (secondary N) is 2. The minimum Gasteiger partial charge on any atom is -0.493 e. The summed E-state index contributed by atoms with van der Waals surface area (Å²) >= 11 is 0. The molecule has 14 nitrogen and oxygen atoms in total. The Morgan fingerprint density at radius 1 is 0.703 bits per heavy atom. The van der Waals surface area contributed by atoms with E-state index in [1.807, 2.05) is 31.2 Å². The Bertz CT molecular complexity index is 2220. The largest absolute Gasteiger partial charge is 0.493 e. The number of likely N-dealkylation sites (tertiary alicyclic amines) is 3. The molecule has 4 fully saturated rings. The maximum atomic E-state index is 13.5. The van der Waals surface area contributed by atoms with Gasteiger partial charge >= 0.3 is 0 Å². The highest BCUT2D eigenvalue weighted by atomic mass is 32.2. The van der Waals surface area contributed by atoms with E-state index in [0.29, 0.717) is 54.0 Å². The molecule has 3 aromatic carbocycles. The molecule has 5 aliphatic heterocycles. The molecule has 1 unspecified atom stereocenters. The minimum absolute atomic E-state index is 0.166. The number of rotatable bonds is 14. The van der Waals surface area contributed by atoms with Crippen molar-refractivity contribution in [1.82, 2.24) is 24.9 Å². The predicted molar refractivity (Wildman–Crippen MR) is 248 cm³/mol. The summed E-state index contributed by atoms with van der Waals surface area (Å²) in [4.78, 5) is 59.8. The normalized spacial score (nSPS) is 21.0. The molecule has 0 aromatic heterocycles. The van der Waals surface area contributed by atoms with E-state index in [0.717, 1.165) is 87.4 Å². The van der Waals surface area contributed by atoms with E-state index in [-0.39, 0.29) is 36.1 Å². The number of anilines is 1. The third-order valence-corrected chi connectivity index (χ3v) is 13.4. The molecular formula is C49H66N6O8S. The van der Waals surface area contributed by atoms with Crippen LogP contribution in [-0.2, 0) is 26.0 Å². The smallest absolute Gasteiger partial charge is 0.261 e. The summed E-state index contributed by atoms with van der Waals surface area (Å²) in [5.74, 6) is 1.44. The van der Waals surface area contributed by atoms with Crippen LogP contribution in [0.1, 0.15) is 108 Å². The van der Waals surface area contributed by atoms with E-state index < -0.39 is 9.84 Å². The third-order valence-electron chi connectivity index (χ3n) is 13.4. The van der Waals surface area contributed by atoms with Gasteiger partial charge in [-0.3, -0.25) is 29.4 Å². The van der Waals surface area contributed by atoms with Gasteiger partial charge in [0.05, 0.1) is 37.3 Å². The molecule has 346 valence electrons. The van der Waals surface area contributed by atoms with Crippen molar-refractivity contribution in [1.29, 1.82) is 0 Å². The number of benzene rings is 3. The fourth-order valence-electron chi connectivity index (χ4n) is 9.83. The van der Waals surface area contributed by atoms with Gasteiger partial charge in [0.15, 0.2) is 11.5 Å². The van der Waals surface area contributed by atoms with Gasteiger partial charge < -0.3 is 29.5 Å². The molecule has 4 saturated heterocycles. The fourth-order valence-corrected chi connectivity index (χ4v) is 9.83. The zero-order valence-electron chi connectivity index (χ0n) is 38.0. The number of carbonyl (C=O) groups excluding carboxylic acids is 4. The van der Waals surface area contributed by atoms with Crippen molar-refractivity contribution >= 4 is 39.2 Å². The number of carbonyl (C=O) groups is 4. The summed E-state index contributed by atoms with van der Waals surface area (Å²) in [5, 5.41) is 6.15. The molecule has 5 heterocycles. The second-order valence-electron chi connectivity index (χ2n) is 18.3. The first-order valence-corrected chi connectivity index (χ1v) is 25.4. The van der Waals surface area contributed by atoms with Gasteiger partial charge in [0.1, 0.15) is 9.84 Å². The quantitative estimate of drug-likeness (QED) is 0.195. The van der Waals surface area contributed by atoms with Crippen LogP contribution in [0.2, 0.25) is 0 Å². The highest BCUT2D eigenvalue weighted by molar-refractivity contribution is 7.89. The Balaban J connectivity index is 0.00000116. The summed E-state index contributed by atoms with van der Waals surface area (Å²) in [7, 11) is -1.08. The fraction of sp³-hybridized carbons (Fsp3) is 0.551. The number of fused-ring (bicyclic) bond motifs is 1. The summed E-state index contributed by atoms with van der Waals surface area (Å²) in [6.45, 7) is 12.8. The number of hydrogen-bond donors (Lipinski definition) is 2. The van der Waals surface area contributed by atoms with Crippen LogP contribution in [0.5, 0.6) is 11.5 Å². The molecule has 0 aliphatic carbocycles. The number of piperidine rings is 4. The number of nitrogens with zero attached hydrogens (tertiary/aromatic N) is 4. The SMILES string of the molecule is CCOc1cc(CN2C(=O)c3ccc(NC4CCN(CC5CCN(CCN6CCC(c7ccc(C8CCC(=O)NC8=O)cc7)CC6)CC5)CC4)cc3C2=O)ccc1OC.CS(C)(=O)=O. The van der Waals surface area contributed by atoms with Crippen LogP contribution in [-0.4, -0.2) is 143 Å². The van der Waals surface area contributed by atoms with Crippen molar-refractivity contribution in [3.8, 4) is 11.5 Å². The van der Waals surface area contributed by atoms with Gasteiger partial charge in [0, 0.05) is 63.4 Å². The number of amides is 4. The number of sulfone groups is 1. The van der Waals surface area contributed by atoms with Crippen LogP contribution in [0.25, 0.3) is 0 Å². The Hall–Kier alpha value is -4.83. The zero-order valence-corrected chi connectivity index (χ0v) is 38.8. The highest BCUT2D eigenvalue weighted by Crippen LogP contribution is 2.34. The Labute approximate surface area is 378 Å². The minimum atomic E-state index is -2.67. The lowest BCUT2D eigenvalue weighted by Gasteiger charge is -2.39. The summed E-state index contributed by atoms with van der Waals surface area (Å²) in [6.07, 6.45) is 10.3. The monoisotopic (exact) mass is 898 g/mol. The molecule has 64 heavy (non-hydrogen) atoms. The summed E-state index contributed by atoms with van der Waals surface area (Å²) in [5.41, 5.74) is 4.98. The van der Waals surface area contributed by atoms with Gasteiger partial charge in [0.2, 0.25) is 11.8 Å². The standard InChI is InChI=1S/C47H60N6O6.C2H6O2S/c1-3-59-43-28-33(4-12-42(43)58-2)31-53-46(56)40-10-9-38(29-41(40)47(53)57)48-37-18-24-52(25-19-37)30-32-14-20-50(21-15-32)26-27-51-22-16-35(17-23-51)34-5-7-36(8-6-34)39-11-13-44(54)49-45(39)55;1-5(2,3)4/h4-10,12,28-29,32,35,37,39,48H,3,11,13-27,30-31H2,1-2H3,(H,49,54,55);1-2H3. The lowest BCUT2D eigenvalue weighted by Crippen LogP contribution is -2.45. The maximum absolute atomic E-state index is 13.5. The van der Waals surface area contributed by atoms with Gasteiger partial charge in [-0.2, -0.15) is 0 Å². The third kappa shape index (κ3) is 12.5. The van der Waals surface area contributed by atoms with Crippen molar-refractivity contribution in [3.63, 3.8) is 0 Å². The Morgan fingerprint density at radius 3 is 1.94 bits per heavy atom. The molecule has 1 atom stereocenters. The molecule has 0 radical (unpaired) electrons. The lowest BCUT2D eigenvalue weighted by molar-refractivity contribution is -0.134. The van der Waals surface area contributed by atoms with Crippen molar-refractivity contribution in [3.05, 3.63) is 88.5 Å². The first kappa shape index (κ1) is 47.1. The number of imide groups is 2. The van der Waals surface area contributed by atoms with Crippen LogP contribution in [0.3, 0.4) is 0 Å². The number of ether oxygens (including phenoxy) is 2. The molecule has 5 aliphatic rings. The van der Waals surface area contributed by atoms with Gasteiger partial charge in [-0.1, -0.05) is 30.3 Å². The Kier molecular flexibility index (Phi) is 15.8. The number of methoxy groups -OCH3 is 1. The first-order valence-electron chi connectivity index (χ1n) is 23.1. The second kappa shape index (κ2) is 21.4. The van der Waals surface area contributed by atoms with Crippen LogP contribution in [0, 0.1) is 5.92 Å². The number of hydrogen-bond acceptors (Lipinski definition) is 12. The molecular weight excluding hydrogens is 833 g/mol. The zero-order chi connectivity index (χ0) is 45.4. The summed E-state index contributed by atoms with van der Waals surface area (Å²) < 4.78 is 30.4. The molecule has 15 heteroatoms. The van der Waals surface area contributed by atoms with Crippen molar-refractivity contribution in [2.45, 2.75) is 82.7 Å². The van der Waals surface area contributed by atoms with E-state index in [1.165, 1.54) is 55.8 Å². The topological polar surface area (TPSA) is 158 Å². The van der Waals surface area contributed by atoms with Crippen LogP contribution < -0.4 is 20.1 Å². The molecule has 2 N–H and O–H groups in total. The molecule has 0 bridgehead atoms. The van der Waals surface area contributed by atoms with Gasteiger partial charge in [-0.25, -0.2) is 8.42 Å². The predicted octanol–water partition coefficient (Wildman–Crippen LogP) is 5.54. The average molecular weight is 899 g/mol. The van der Waals surface area contributed by atoms with Crippen LogP contribution in [0.15, 0.2) is 60.7 Å². The van der Waals surface area contributed by atoms with E-state index in [9.17, 15) is 27.6 Å². The van der Waals surface area contributed by atoms with Gasteiger partial charge in [-0.05, 0) is 137 Å². The van der Waals surface area contributed by atoms with Crippen molar-refractivity contribution in [2.24, 2.45) is 5.92 Å². The van der Waals surface area contributed by atoms with Crippen LogP contribution in [0.4, 0.5) is 5.69 Å². The molecule has 4 amide bonds. The van der Waals surface area contributed by atoms with E-state index in [4.69, 9.17) is 9.47 Å². The van der Waals surface area contributed by atoms with Gasteiger partial charge in [0.25, 0.3) is 11.8 Å². The van der Waals surface area contributed by atoms with E-state index in [1.54, 1.807) is 19.2 Å². The van der Waals surface area contributed by atoms with Crippen molar-refractivity contribution in [2.75, 3.05) is 90.4 Å². The second-order valence-corrected chi connectivity index (χ2v) is 20.6.